The standard InChI is InChI=1S/C23H24O/c24-22-17-15-19(16-18-22)9-7-8-14-23(20-10-3-1-4-11-20)21-12-5-2-6-13-21/h1-6,10-13,15-18,23-24H,7-9,14H2. The summed E-state index contributed by atoms with van der Waals surface area (Å²) in [6.07, 6.45) is 4.58. The Balaban J connectivity index is 1.61. The molecule has 0 aromatic heterocycles. The number of benzene rings is 3. The summed E-state index contributed by atoms with van der Waals surface area (Å²) in [4.78, 5) is 0. The summed E-state index contributed by atoms with van der Waals surface area (Å²) in [5.41, 5.74) is 4.09. The highest BCUT2D eigenvalue weighted by Crippen LogP contribution is 2.29. The van der Waals surface area contributed by atoms with Gasteiger partial charge in [0.25, 0.3) is 0 Å². The fourth-order valence-corrected chi connectivity index (χ4v) is 3.24. The van der Waals surface area contributed by atoms with E-state index in [1.165, 1.54) is 29.5 Å². The zero-order valence-corrected chi connectivity index (χ0v) is 13.9. The number of hydrogen-bond acceptors (Lipinski definition) is 1. The molecule has 0 radical (unpaired) electrons. The molecule has 0 fully saturated rings. The zero-order valence-electron chi connectivity index (χ0n) is 13.9. The average molecular weight is 316 g/mol. The van der Waals surface area contributed by atoms with E-state index in [0.29, 0.717) is 11.7 Å². The Hall–Kier alpha value is -2.54. The van der Waals surface area contributed by atoms with Crippen LogP contribution in [0.25, 0.3) is 0 Å². The third-order valence-electron chi connectivity index (χ3n) is 4.55. The van der Waals surface area contributed by atoms with Gasteiger partial charge in [0.05, 0.1) is 0 Å². The Morgan fingerprint density at radius 2 is 1.17 bits per heavy atom. The van der Waals surface area contributed by atoms with Crippen LogP contribution in [0.4, 0.5) is 0 Å². The van der Waals surface area contributed by atoms with Gasteiger partial charge in [0.15, 0.2) is 0 Å². The molecule has 3 aromatic rings. The van der Waals surface area contributed by atoms with Crippen LogP contribution in [0.15, 0.2) is 84.9 Å². The molecule has 0 saturated carbocycles. The summed E-state index contributed by atoms with van der Waals surface area (Å²) < 4.78 is 0. The van der Waals surface area contributed by atoms with Gasteiger partial charge in [-0.1, -0.05) is 79.2 Å². The Morgan fingerprint density at radius 3 is 1.71 bits per heavy atom. The van der Waals surface area contributed by atoms with Crippen molar-refractivity contribution in [2.75, 3.05) is 0 Å². The molecule has 1 nitrogen and oxygen atoms in total. The van der Waals surface area contributed by atoms with Crippen LogP contribution in [0.5, 0.6) is 5.75 Å². The van der Waals surface area contributed by atoms with Crippen LogP contribution in [-0.2, 0) is 6.42 Å². The Morgan fingerprint density at radius 1 is 0.625 bits per heavy atom. The smallest absolute Gasteiger partial charge is 0.115 e. The lowest BCUT2D eigenvalue weighted by molar-refractivity contribution is 0.475. The van der Waals surface area contributed by atoms with E-state index < -0.39 is 0 Å². The van der Waals surface area contributed by atoms with Crippen molar-refractivity contribution < 1.29 is 5.11 Å². The first-order valence-electron chi connectivity index (χ1n) is 8.71. The fourth-order valence-electron chi connectivity index (χ4n) is 3.24. The summed E-state index contributed by atoms with van der Waals surface area (Å²) in [7, 11) is 0. The average Bonchev–Trinajstić information content (AvgIpc) is 2.65. The lowest BCUT2D eigenvalue weighted by atomic mass is 9.86. The van der Waals surface area contributed by atoms with E-state index in [2.05, 4.69) is 60.7 Å². The van der Waals surface area contributed by atoms with Gasteiger partial charge in [0, 0.05) is 5.92 Å². The van der Waals surface area contributed by atoms with Crippen molar-refractivity contribution in [2.45, 2.75) is 31.6 Å². The Bertz CT molecular complexity index is 678. The summed E-state index contributed by atoms with van der Waals surface area (Å²) >= 11 is 0. The van der Waals surface area contributed by atoms with Gasteiger partial charge < -0.3 is 5.11 Å². The molecule has 0 aliphatic carbocycles. The third-order valence-corrected chi connectivity index (χ3v) is 4.55. The summed E-state index contributed by atoms with van der Waals surface area (Å²) in [6, 6.07) is 29.2. The predicted octanol–water partition coefficient (Wildman–Crippen LogP) is 5.94. The highest BCUT2D eigenvalue weighted by Gasteiger charge is 2.13. The third kappa shape index (κ3) is 4.48. The fraction of sp³-hybridized carbons (Fsp3) is 0.217. The molecule has 0 atom stereocenters. The van der Waals surface area contributed by atoms with Crippen molar-refractivity contribution in [1.82, 2.24) is 0 Å². The van der Waals surface area contributed by atoms with Crippen molar-refractivity contribution in [2.24, 2.45) is 0 Å². The van der Waals surface area contributed by atoms with E-state index in [4.69, 9.17) is 0 Å². The maximum Gasteiger partial charge on any atom is 0.115 e. The molecule has 0 saturated heterocycles. The van der Waals surface area contributed by atoms with Gasteiger partial charge in [-0.25, -0.2) is 0 Å². The van der Waals surface area contributed by atoms with E-state index in [0.717, 1.165) is 12.8 Å². The van der Waals surface area contributed by atoms with Gasteiger partial charge in [-0.05, 0) is 48.1 Å². The number of aromatic hydroxyl groups is 1. The molecule has 0 aliphatic rings. The highest BCUT2D eigenvalue weighted by molar-refractivity contribution is 5.32. The van der Waals surface area contributed by atoms with Crippen molar-refractivity contribution in [3.63, 3.8) is 0 Å². The quantitative estimate of drug-likeness (QED) is 0.535. The highest BCUT2D eigenvalue weighted by atomic mass is 16.3. The molecule has 1 heteroatoms. The Labute approximate surface area is 144 Å². The lowest BCUT2D eigenvalue weighted by Crippen LogP contribution is -2.01. The van der Waals surface area contributed by atoms with Gasteiger partial charge in [-0.3, -0.25) is 0 Å². The molecule has 3 rings (SSSR count). The normalized spacial score (nSPS) is 10.9. The van der Waals surface area contributed by atoms with E-state index >= 15 is 0 Å². The first-order valence-corrected chi connectivity index (χ1v) is 8.71. The summed E-state index contributed by atoms with van der Waals surface area (Å²) in [6.45, 7) is 0. The van der Waals surface area contributed by atoms with E-state index in [1.807, 2.05) is 12.1 Å². The number of aryl methyl sites for hydroxylation is 1. The van der Waals surface area contributed by atoms with Crippen LogP contribution in [0.3, 0.4) is 0 Å². The zero-order chi connectivity index (χ0) is 16.6. The minimum Gasteiger partial charge on any atom is -0.508 e. The first kappa shape index (κ1) is 16.3. The van der Waals surface area contributed by atoms with E-state index in [-0.39, 0.29) is 0 Å². The second-order valence-corrected chi connectivity index (χ2v) is 6.29. The maximum atomic E-state index is 9.35. The van der Waals surface area contributed by atoms with Gasteiger partial charge in [0.2, 0.25) is 0 Å². The molecule has 1 N–H and O–H groups in total. The molecule has 122 valence electrons. The van der Waals surface area contributed by atoms with Crippen molar-refractivity contribution >= 4 is 0 Å². The monoisotopic (exact) mass is 316 g/mol. The molecule has 0 heterocycles. The molecule has 0 amide bonds. The molecule has 0 aliphatic heterocycles. The van der Waals surface area contributed by atoms with Gasteiger partial charge in [0.1, 0.15) is 5.75 Å². The lowest BCUT2D eigenvalue weighted by Gasteiger charge is -2.18. The van der Waals surface area contributed by atoms with Crippen molar-refractivity contribution in [1.29, 1.82) is 0 Å². The minimum atomic E-state index is 0.340. The van der Waals surface area contributed by atoms with E-state index in [9.17, 15) is 5.11 Å². The second kappa shape index (κ2) is 8.35. The number of hydrogen-bond donors (Lipinski definition) is 1. The maximum absolute atomic E-state index is 9.35. The van der Waals surface area contributed by atoms with E-state index in [1.54, 1.807) is 12.1 Å². The minimum absolute atomic E-state index is 0.340. The number of phenolic OH excluding ortho intramolecular Hbond substituents is 1. The molecule has 0 unspecified atom stereocenters. The van der Waals surface area contributed by atoms with Crippen LogP contribution in [0.1, 0.15) is 41.9 Å². The molecule has 0 bridgehead atoms. The van der Waals surface area contributed by atoms with Gasteiger partial charge in [-0.15, -0.1) is 0 Å². The van der Waals surface area contributed by atoms with Gasteiger partial charge >= 0.3 is 0 Å². The Kier molecular flexibility index (Phi) is 5.68. The number of rotatable bonds is 7. The van der Waals surface area contributed by atoms with Crippen molar-refractivity contribution in [3.05, 3.63) is 102 Å². The van der Waals surface area contributed by atoms with Crippen molar-refractivity contribution in [3.8, 4) is 5.75 Å². The molecule has 3 aromatic carbocycles. The van der Waals surface area contributed by atoms with Crippen LogP contribution >= 0.6 is 0 Å². The van der Waals surface area contributed by atoms with Crippen LogP contribution in [0.2, 0.25) is 0 Å². The topological polar surface area (TPSA) is 20.2 Å². The first-order chi connectivity index (χ1) is 11.8. The predicted molar refractivity (Wildman–Crippen MR) is 100 cm³/mol. The number of phenols is 1. The molecular weight excluding hydrogens is 292 g/mol. The van der Waals surface area contributed by atoms with Crippen LogP contribution in [-0.4, -0.2) is 5.11 Å². The molecule has 24 heavy (non-hydrogen) atoms. The summed E-state index contributed by atoms with van der Waals surface area (Å²) in [5.74, 6) is 0.805. The molecular formula is C23H24O. The number of unbranched alkanes of at least 4 members (excludes halogenated alkanes) is 1. The van der Waals surface area contributed by atoms with Gasteiger partial charge in [-0.2, -0.15) is 0 Å². The second-order valence-electron chi connectivity index (χ2n) is 6.29. The SMILES string of the molecule is Oc1ccc(CCCCC(c2ccccc2)c2ccccc2)cc1. The largest absolute Gasteiger partial charge is 0.508 e. The molecule has 0 spiro atoms. The van der Waals surface area contributed by atoms with Crippen LogP contribution in [0, 0.1) is 0 Å². The van der Waals surface area contributed by atoms with Crippen LogP contribution < -0.4 is 0 Å². The summed E-state index contributed by atoms with van der Waals surface area (Å²) in [5, 5.41) is 9.35.